The van der Waals surface area contributed by atoms with E-state index >= 15 is 0 Å². The molecule has 0 unspecified atom stereocenters. The molecule has 0 atom stereocenters. The van der Waals surface area contributed by atoms with E-state index < -0.39 is 0 Å². The average Bonchev–Trinajstić information content (AvgIpc) is 2.63. The summed E-state index contributed by atoms with van der Waals surface area (Å²) in [7, 11) is 0. The number of carbonyl (C=O) groups is 1. The van der Waals surface area contributed by atoms with Crippen LogP contribution in [-0.4, -0.2) is 30.1 Å². The fraction of sp³-hybridized carbons (Fsp3) is 0.650. The van der Waals surface area contributed by atoms with Crippen LogP contribution >= 0.6 is 0 Å². The summed E-state index contributed by atoms with van der Waals surface area (Å²) in [6.45, 7) is 4.01. The van der Waals surface area contributed by atoms with Gasteiger partial charge < -0.3 is 10.6 Å². The van der Waals surface area contributed by atoms with E-state index in [0.717, 1.165) is 19.4 Å². The highest BCUT2D eigenvalue weighted by Gasteiger charge is 2.16. The van der Waals surface area contributed by atoms with Gasteiger partial charge in [-0.2, -0.15) is 0 Å². The predicted molar refractivity (Wildman–Crippen MR) is 97.8 cm³/mol. The van der Waals surface area contributed by atoms with Gasteiger partial charge in [0.1, 0.15) is 0 Å². The molecule has 0 spiro atoms. The Morgan fingerprint density at radius 3 is 2.38 bits per heavy atom. The van der Waals surface area contributed by atoms with Gasteiger partial charge in [-0.3, -0.25) is 4.90 Å². The molecule has 24 heavy (non-hydrogen) atoms. The molecule has 3 rings (SSSR count). The molecule has 1 aromatic carbocycles. The Bertz CT molecular complexity index is 519. The number of amides is 2. The van der Waals surface area contributed by atoms with E-state index in [1.165, 1.54) is 62.7 Å². The van der Waals surface area contributed by atoms with Crippen molar-refractivity contribution < 1.29 is 4.79 Å². The zero-order valence-electron chi connectivity index (χ0n) is 14.7. The van der Waals surface area contributed by atoms with Crippen LogP contribution in [0.25, 0.3) is 0 Å². The maximum atomic E-state index is 12.2. The molecular weight excluding hydrogens is 298 g/mol. The Labute approximate surface area is 146 Å². The van der Waals surface area contributed by atoms with Gasteiger partial charge in [0.25, 0.3) is 0 Å². The van der Waals surface area contributed by atoms with Gasteiger partial charge in [-0.1, -0.05) is 49.9 Å². The Morgan fingerprint density at radius 2 is 1.62 bits per heavy atom. The summed E-state index contributed by atoms with van der Waals surface area (Å²) in [5.41, 5.74) is 2.58. The highest BCUT2D eigenvalue weighted by molar-refractivity contribution is 5.74. The Morgan fingerprint density at radius 1 is 0.958 bits per heavy atom. The molecule has 1 saturated carbocycles. The molecule has 1 aliphatic carbocycles. The summed E-state index contributed by atoms with van der Waals surface area (Å²) >= 11 is 0. The quantitative estimate of drug-likeness (QED) is 0.863. The Hall–Kier alpha value is -1.55. The van der Waals surface area contributed by atoms with Crippen molar-refractivity contribution in [3.8, 4) is 0 Å². The van der Waals surface area contributed by atoms with Crippen molar-refractivity contribution in [3.05, 3.63) is 35.4 Å². The summed E-state index contributed by atoms with van der Waals surface area (Å²) in [6.07, 6.45) is 10.0. The molecule has 0 aromatic heterocycles. The number of hydrogen-bond acceptors (Lipinski definition) is 2. The molecule has 4 nitrogen and oxygen atoms in total. The van der Waals surface area contributed by atoms with Crippen LogP contribution in [0.4, 0.5) is 4.79 Å². The SMILES string of the molecule is O=C(NCc1ccccc1CN1CCCCC1)NC1CCCCC1. The van der Waals surface area contributed by atoms with E-state index in [1.54, 1.807) is 0 Å². The maximum Gasteiger partial charge on any atom is 0.315 e. The highest BCUT2D eigenvalue weighted by Crippen LogP contribution is 2.18. The third kappa shape index (κ3) is 5.23. The van der Waals surface area contributed by atoms with Crippen molar-refractivity contribution in [2.75, 3.05) is 13.1 Å². The number of likely N-dealkylation sites (tertiary alicyclic amines) is 1. The first-order chi connectivity index (χ1) is 11.8. The van der Waals surface area contributed by atoms with Crippen LogP contribution in [0, 0.1) is 0 Å². The second-order valence-electron chi connectivity index (χ2n) is 7.27. The summed E-state index contributed by atoms with van der Waals surface area (Å²) in [5.74, 6) is 0. The highest BCUT2D eigenvalue weighted by atomic mass is 16.2. The molecule has 1 aromatic rings. The van der Waals surface area contributed by atoms with Gasteiger partial charge in [0.05, 0.1) is 0 Å². The third-order valence-electron chi connectivity index (χ3n) is 5.34. The van der Waals surface area contributed by atoms with Crippen LogP contribution in [0.1, 0.15) is 62.5 Å². The maximum absolute atomic E-state index is 12.2. The molecule has 4 heteroatoms. The normalized spacial score (nSPS) is 19.8. The molecule has 1 aliphatic heterocycles. The van der Waals surface area contributed by atoms with Crippen LogP contribution in [-0.2, 0) is 13.1 Å². The molecule has 132 valence electrons. The summed E-state index contributed by atoms with van der Waals surface area (Å²) < 4.78 is 0. The Kier molecular flexibility index (Phi) is 6.53. The van der Waals surface area contributed by atoms with E-state index in [4.69, 9.17) is 0 Å². The van der Waals surface area contributed by atoms with Gasteiger partial charge in [0, 0.05) is 19.1 Å². The lowest BCUT2D eigenvalue weighted by Gasteiger charge is -2.27. The summed E-state index contributed by atoms with van der Waals surface area (Å²) in [6, 6.07) is 8.85. The van der Waals surface area contributed by atoms with Crippen molar-refractivity contribution >= 4 is 6.03 Å². The standard InChI is InChI=1S/C20H31N3O/c24-20(22-19-11-3-1-4-12-19)21-15-17-9-5-6-10-18(17)16-23-13-7-2-8-14-23/h5-6,9-10,19H,1-4,7-8,11-16H2,(H2,21,22,24). The number of nitrogens with one attached hydrogen (secondary N) is 2. The molecule has 2 amide bonds. The number of carbonyl (C=O) groups excluding carboxylic acids is 1. The molecule has 2 N–H and O–H groups in total. The van der Waals surface area contributed by atoms with E-state index in [1.807, 2.05) is 0 Å². The predicted octanol–water partition coefficient (Wildman–Crippen LogP) is 3.80. The van der Waals surface area contributed by atoms with Crippen LogP contribution < -0.4 is 10.6 Å². The van der Waals surface area contributed by atoms with Crippen molar-refractivity contribution in [1.82, 2.24) is 15.5 Å². The zero-order chi connectivity index (χ0) is 16.6. The first-order valence-electron chi connectivity index (χ1n) is 9.65. The molecule has 1 heterocycles. The first kappa shape index (κ1) is 17.3. The smallest absolute Gasteiger partial charge is 0.315 e. The van der Waals surface area contributed by atoms with Crippen LogP contribution in [0.5, 0.6) is 0 Å². The monoisotopic (exact) mass is 329 g/mol. The number of hydrogen-bond donors (Lipinski definition) is 2. The number of benzene rings is 1. The molecule has 2 fully saturated rings. The largest absolute Gasteiger partial charge is 0.335 e. The lowest BCUT2D eigenvalue weighted by molar-refractivity contribution is 0.220. The van der Waals surface area contributed by atoms with Gasteiger partial charge in [-0.15, -0.1) is 0 Å². The Balaban J connectivity index is 1.49. The molecule has 1 saturated heterocycles. The first-order valence-corrected chi connectivity index (χ1v) is 9.65. The minimum Gasteiger partial charge on any atom is -0.335 e. The number of nitrogens with zero attached hydrogens (tertiary/aromatic N) is 1. The van der Waals surface area contributed by atoms with Crippen molar-refractivity contribution in [2.45, 2.75) is 70.5 Å². The van der Waals surface area contributed by atoms with Crippen LogP contribution in [0.3, 0.4) is 0 Å². The fourth-order valence-electron chi connectivity index (χ4n) is 3.90. The van der Waals surface area contributed by atoms with Crippen molar-refractivity contribution in [2.24, 2.45) is 0 Å². The van der Waals surface area contributed by atoms with Crippen LogP contribution in [0.2, 0.25) is 0 Å². The van der Waals surface area contributed by atoms with Gasteiger partial charge >= 0.3 is 6.03 Å². The molecule has 0 bridgehead atoms. The van der Waals surface area contributed by atoms with E-state index in [0.29, 0.717) is 12.6 Å². The van der Waals surface area contributed by atoms with Gasteiger partial charge in [-0.25, -0.2) is 4.79 Å². The van der Waals surface area contributed by atoms with Gasteiger partial charge in [0.15, 0.2) is 0 Å². The summed E-state index contributed by atoms with van der Waals surface area (Å²) in [4.78, 5) is 14.7. The van der Waals surface area contributed by atoms with Gasteiger partial charge in [0.2, 0.25) is 0 Å². The van der Waals surface area contributed by atoms with E-state index in [9.17, 15) is 4.79 Å². The minimum atomic E-state index is -0.0188. The average molecular weight is 329 g/mol. The second kappa shape index (κ2) is 9.07. The molecular formula is C20H31N3O. The lowest BCUT2D eigenvalue weighted by atomic mass is 9.96. The number of piperidine rings is 1. The zero-order valence-corrected chi connectivity index (χ0v) is 14.7. The molecule has 2 aliphatic rings. The topological polar surface area (TPSA) is 44.4 Å². The van der Waals surface area contributed by atoms with Crippen molar-refractivity contribution in [1.29, 1.82) is 0 Å². The van der Waals surface area contributed by atoms with E-state index in [2.05, 4.69) is 39.8 Å². The fourth-order valence-corrected chi connectivity index (χ4v) is 3.90. The number of urea groups is 1. The summed E-state index contributed by atoms with van der Waals surface area (Å²) in [5, 5.41) is 6.18. The molecule has 0 radical (unpaired) electrons. The van der Waals surface area contributed by atoms with Crippen LogP contribution in [0.15, 0.2) is 24.3 Å². The third-order valence-corrected chi connectivity index (χ3v) is 5.34. The number of rotatable bonds is 5. The second-order valence-corrected chi connectivity index (χ2v) is 7.27. The van der Waals surface area contributed by atoms with E-state index in [-0.39, 0.29) is 6.03 Å². The minimum absolute atomic E-state index is 0.0188. The van der Waals surface area contributed by atoms with Crippen molar-refractivity contribution in [3.63, 3.8) is 0 Å². The van der Waals surface area contributed by atoms with Gasteiger partial charge in [-0.05, 0) is 49.9 Å². The lowest BCUT2D eigenvalue weighted by Crippen LogP contribution is -2.42.